The molecule has 0 saturated heterocycles. The molecule has 4 bridgehead atoms. The molecule has 3 aromatic heterocycles. The molecule has 0 radical (unpaired) electrons. The fraction of sp³-hybridized carbons (Fsp3) is 0.250. The van der Waals surface area contributed by atoms with Gasteiger partial charge in [0.2, 0.25) is 5.88 Å². The first-order valence-electron chi connectivity index (χ1n) is 9.51. The maximum atomic E-state index is 12.8. The Hall–Kier alpha value is -2.91. The highest BCUT2D eigenvalue weighted by Gasteiger charge is 2.19. The van der Waals surface area contributed by atoms with Crippen LogP contribution in [0.25, 0.3) is 11.3 Å². The lowest BCUT2D eigenvalue weighted by atomic mass is 10.2. The summed E-state index contributed by atoms with van der Waals surface area (Å²) in [5, 5.41) is 3.42. The van der Waals surface area contributed by atoms with Crippen molar-refractivity contribution in [3.8, 4) is 17.1 Å². The normalized spacial score (nSPS) is 16.2. The van der Waals surface area contributed by atoms with Crippen molar-refractivity contribution in [1.29, 1.82) is 0 Å². The van der Waals surface area contributed by atoms with Gasteiger partial charge >= 0.3 is 0 Å². The third kappa shape index (κ3) is 4.63. The summed E-state index contributed by atoms with van der Waals surface area (Å²) in [5.74, 6) is 1.02. The van der Waals surface area contributed by atoms with Crippen molar-refractivity contribution in [2.75, 3.05) is 23.2 Å². The molecule has 10 heteroatoms. The number of ether oxygens (including phenoxy) is 1. The van der Waals surface area contributed by atoms with Gasteiger partial charge in [0, 0.05) is 12.7 Å². The van der Waals surface area contributed by atoms with E-state index in [4.69, 9.17) is 16.3 Å². The van der Waals surface area contributed by atoms with Gasteiger partial charge in [-0.2, -0.15) is 8.42 Å². The number of nitrogens with zero attached hydrogens (tertiary/aromatic N) is 3. The molecule has 8 nitrogen and oxygen atoms in total. The molecule has 0 aliphatic carbocycles. The van der Waals surface area contributed by atoms with Crippen LogP contribution in [-0.4, -0.2) is 36.5 Å². The summed E-state index contributed by atoms with van der Waals surface area (Å²) in [6.45, 7) is 1.18. The van der Waals surface area contributed by atoms with Crippen molar-refractivity contribution in [2.24, 2.45) is 0 Å². The number of halogens is 1. The molecule has 0 amide bonds. The smallest absolute Gasteiger partial charge is 0.280 e. The number of hydrogen-bond donors (Lipinski definition) is 2. The van der Waals surface area contributed by atoms with Crippen molar-refractivity contribution < 1.29 is 13.2 Å². The fourth-order valence-electron chi connectivity index (χ4n) is 3.02. The van der Waals surface area contributed by atoms with Crippen molar-refractivity contribution >= 4 is 33.3 Å². The van der Waals surface area contributed by atoms with Crippen molar-refractivity contribution in [1.82, 2.24) is 15.0 Å². The lowest BCUT2D eigenvalue weighted by Gasteiger charge is -2.12. The van der Waals surface area contributed by atoms with Crippen LogP contribution >= 0.6 is 11.6 Å². The predicted octanol–water partition coefficient (Wildman–Crippen LogP) is 3.97. The molecule has 2 N–H and O–H groups in total. The molecule has 0 spiro atoms. The Balaban J connectivity index is 1.77. The van der Waals surface area contributed by atoms with Gasteiger partial charge in [-0.1, -0.05) is 17.7 Å². The number of rotatable bonds is 0. The van der Waals surface area contributed by atoms with Gasteiger partial charge in [0.05, 0.1) is 22.9 Å². The van der Waals surface area contributed by atoms with Gasteiger partial charge in [0.15, 0.2) is 5.03 Å². The van der Waals surface area contributed by atoms with Gasteiger partial charge in [-0.25, -0.2) is 15.0 Å². The van der Waals surface area contributed by atoms with E-state index in [9.17, 15) is 8.42 Å². The zero-order chi connectivity index (χ0) is 21.0. The SMILES string of the molecule is O=S1(=O)Nc2ccc(Cl)c(n2)-c2cccnc2OCCCCCNc2cccc1n2. The molecule has 0 fully saturated rings. The number of fused-ring (bicyclic) bond motifs is 6. The summed E-state index contributed by atoms with van der Waals surface area (Å²) in [6, 6.07) is 11.4. The highest BCUT2D eigenvalue weighted by molar-refractivity contribution is 7.92. The lowest BCUT2D eigenvalue weighted by Crippen LogP contribution is -2.16. The first-order chi connectivity index (χ1) is 14.5. The Morgan fingerprint density at radius 3 is 2.77 bits per heavy atom. The van der Waals surface area contributed by atoms with E-state index < -0.39 is 10.0 Å². The van der Waals surface area contributed by atoms with E-state index in [1.54, 1.807) is 36.5 Å². The van der Waals surface area contributed by atoms with Crippen molar-refractivity contribution in [2.45, 2.75) is 24.3 Å². The zero-order valence-electron chi connectivity index (χ0n) is 16.0. The molecule has 0 atom stereocenters. The molecular weight excluding hydrogens is 426 g/mol. The Morgan fingerprint density at radius 2 is 1.87 bits per heavy atom. The summed E-state index contributed by atoms with van der Waals surface area (Å²) in [7, 11) is -3.94. The molecule has 0 unspecified atom stereocenters. The summed E-state index contributed by atoms with van der Waals surface area (Å²) >= 11 is 6.36. The van der Waals surface area contributed by atoms with Gasteiger partial charge in [0.1, 0.15) is 11.6 Å². The van der Waals surface area contributed by atoms with Crippen LogP contribution in [0.5, 0.6) is 5.88 Å². The van der Waals surface area contributed by atoms with E-state index in [0.29, 0.717) is 41.1 Å². The maximum Gasteiger partial charge on any atom is 0.280 e. The van der Waals surface area contributed by atoms with Crippen LogP contribution < -0.4 is 14.8 Å². The van der Waals surface area contributed by atoms with Crippen LogP contribution in [0.15, 0.2) is 53.7 Å². The summed E-state index contributed by atoms with van der Waals surface area (Å²) in [4.78, 5) is 12.9. The topological polar surface area (TPSA) is 106 Å². The van der Waals surface area contributed by atoms with Crippen LogP contribution in [0.2, 0.25) is 5.02 Å². The standard InChI is InChI=1S/C20H20ClN5O3S/c21-15-9-10-17-25-19(15)14-6-5-12-23-20(14)29-13-3-1-2-11-22-16-7-4-8-18(24-16)30(27,28)26-17/h4-10,12H,1-3,11,13H2,(H,22,24)(H,25,26). The predicted molar refractivity (Wildman–Crippen MR) is 115 cm³/mol. The lowest BCUT2D eigenvalue weighted by molar-refractivity contribution is 0.296. The molecule has 30 heavy (non-hydrogen) atoms. The van der Waals surface area contributed by atoms with Gasteiger partial charge in [-0.05, 0) is 55.7 Å². The Kier molecular flexibility index (Phi) is 6.01. The zero-order valence-corrected chi connectivity index (χ0v) is 17.6. The Bertz CT molecular complexity index is 1160. The summed E-state index contributed by atoms with van der Waals surface area (Å²) < 4.78 is 34.0. The maximum absolute atomic E-state index is 12.8. The van der Waals surface area contributed by atoms with Gasteiger partial charge in [-0.15, -0.1) is 0 Å². The summed E-state index contributed by atoms with van der Waals surface area (Å²) in [5.41, 5.74) is 0.974. The third-order valence-electron chi connectivity index (χ3n) is 4.48. The minimum Gasteiger partial charge on any atom is -0.477 e. The van der Waals surface area contributed by atoms with Crippen LogP contribution in [0.1, 0.15) is 19.3 Å². The Labute approximate surface area is 179 Å². The van der Waals surface area contributed by atoms with E-state index in [2.05, 4.69) is 25.0 Å². The van der Waals surface area contributed by atoms with E-state index in [1.807, 2.05) is 0 Å². The van der Waals surface area contributed by atoms with Gasteiger partial charge < -0.3 is 10.1 Å². The average molecular weight is 446 g/mol. The molecule has 4 heterocycles. The highest BCUT2D eigenvalue weighted by Crippen LogP contribution is 2.33. The van der Waals surface area contributed by atoms with E-state index in [-0.39, 0.29) is 10.8 Å². The molecule has 0 saturated carbocycles. The first kappa shape index (κ1) is 20.4. The highest BCUT2D eigenvalue weighted by atomic mass is 35.5. The molecule has 4 rings (SSSR count). The number of pyridine rings is 3. The fourth-order valence-corrected chi connectivity index (χ4v) is 4.19. The van der Waals surface area contributed by atoms with Gasteiger partial charge in [0.25, 0.3) is 10.0 Å². The second-order valence-corrected chi connectivity index (χ2v) is 8.72. The van der Waals surface area contributed by atoms with Crippen molar-refractivity contribution in [3.05, 3.63) is 53.7 Å². The molecule has 3 aromatic rings. The van der Waals surface area contributed by atoms with E-state index >= 15 is 0 Å². The van der Waals surface area contributed by atoms with E-state index in [0.717, 1.165) is 19.3 Å². The van der Waals surface area contributed by atoms with Gasteiger partial charge in [-0.3, -0.25) is 4.72 Å². The number of aromatic nitrogens is 3. The first-order valence-corrected chi connectivity index (χ1v) is 11.4. The molecular formula is C20H20ClN5O3S. The van der Waals surface area contributed by atoms with Crippen LogP contribution in [0.4, 0.5) is 11.6 Å². The molecule has 156 valence electrons. The minimum atomic E-state index is -3.94. The quantitative estimate of drug-likeness (QED) is 0.539. The second kappa shape index (κ2) is 8.85. The van der Waals surface area contributed by atoms with Crippen LogP contribution in [-0.2, 0) is 10.0 Å². The number of nitrogens with one attached hydrogen (secondary N) is 2. The van der Waals surface area contributed by atoms with Crippen LogP contribution in [0, 0.1) is 0 Å². The largest absolute Gasteiger partial charge is 0.477 e. The van der Waals surface area contributed by atoms with Crippen molar-refractivity contribution in [3.63, 3.8) is 0 Å². The monoisotopic (exact) mass is 445 g/mol. The molecule has 1 aliphatic heterocycles. The minimum absolute atomic E-state index is 0.0967. The second-order valence-electron chi connectivity index (χ2n) is 6.69. The molecule has 1 aliphatic rings. The summed E-state index contributed by atoms with van der Waals surface area (Å²) in [6.07, 6.45) is 4.30. The number of anilines is 2. The van der Waals surface area contributed by atoms with E-state index in [1.165, 1.54) is 12.1 Å². The Morgan fingerprint density at radius 1 is 0.967 bits per heavy atom. The third-order valence-corrected chi connectivity index (χ3v) is 6.04. The average Bonchev–Trinajstić information content (AvgIpc) is 2.74. The molecule has 0 aromatic carbocycles. The number of sulfonamides is 1. The van der Waals surface area contributed by atoms with Crippen LogP contribution in [0.3, 0.4) is 0 Å². The number of hydrogen-bond acceptors (Lipinski definition) is 7.